The molecule has 55 heavy (non-hydrogen) atoms. The molecule has 2 aliphatic rings. The Kier molecular flexibility index (Phi) is 12.1. The van der Waals surface area contributed by atoms with E-state index >= 15 is 0 Å². The Balaban J connectivity index is 1.31. The van der Waals surface area contributed by atoms with Crippen molar-refractivity contribution in [1.82, 2.24) is 9.80 Å². The fourth-order valence-corrected chi connectivity index (χ4v) is 8.32. The summed E-state index contributed by atoms with van der Waals surface area (Å²) in [6.45, 7) is 13.3. The number of rotatable bonds is 12. The molecule has 0 bridgehead atoms. The first-order valence-electron chi connectivity index (χ1n) is 18.6. The number of carbonyl (C=O) groups excluding carboxylic acids is 2. The topological polar surface area (TPSA) is 129 Å². The minimum atomic E-state index is -4.10. The van der Waals surface area contributed by atoms with Crippen LogP contribution in [-0.2, 0) is 26.0 Å². The number of likely N-dealkylation sites (tertiary alicyclic amines) is 2. The highest BCUT2D eigenvalue weighted by molar-refractivity contribution is 7.92. The Morgan fingerprint density at radius 2 is 1.47 bits per heavy atom. The zero-order chi connectivity index (χ0) is 39.1. The van der Waals surface area contributed by atoms with Gasteiger partial charge in [-0.3, -0.25) is 14.3 Å². The summed E-state index contributed by atoms with van der Waals surface area (Å²) in [7, 11) is -4.10. The first-order chi connectivity index (χ1) is 26.5. The highest BCUT2D eigenvalue weighted by atomic mass is 32.2. The van der Waals surface area contributed by atoms with Gasteiger partial charge in [-0.25, -0.2) is 8.42 Å². The zero-order valence-electron chi connectivity index (χ0n) is 31.3. The molecule has 0 spiro atoms. The van der Waals surface area contributed by atoms with E-state index in [-0.39, 0.29) is 28.9 Å². The number of hydrogen-bond donors (Lipinski definition) is 1. The molecule has 2 heterocycles. The number of anilines is 1. The van der Waals surface area contributed by atoms with Gasteiger partial charge in [0.1, 0.15) is 23.7 Å². The standard InChI is InChI=1S/C44H46N4O6S/c1-5-31-11-8-9-14-39(31)32-25-33(29-45)44(41(26-32)54-36-19-23-48(24-20-36)43(50)7-3)40-28-38(16-15-30(40)4)55(51,52)46-34-12-10-13-37(27-34)53-35-17-21-47(22-18-35)42(49)6-2/h6-16,25-28,35-36,46H,2-3,5,17-24H2,1,4H3. The van der Waals surface area contributed by atoms with Crippen LogP contribution in [-0.4, -0.2) is 68.4 Å². The van der Waals surface area contributed by atoms with E-state index in [0.717, 1.165) is 28.7 Å². The molecular formula is C44H46N4O6S. The lowest BCUT2D eigenvalue weighted by molar-refractivity contribution is -0.128. The number of sulfonamides is 1. The maximum atomic E-state index is 14.0. The van der Waals surface area contributed by atoms with Crippen molar-refractivity contribution in [2.45, 2.75) is 63.1 Å². The molecule has 2 amide bonds. The SMILES string of the molecule is C=CC(=O)N1CCC(Oc2cccc(NS(=O)(=O)c3ccc(C)c(-c4c(C#N)cc(-c5ccccc5CC)cc4OC4CCN(C(=O)C=C)CC4)c3)c2)CC1. The Hall–Kier alpha value is -5.86. The van der Waals surface area contributed by atoms with E-state index in [1.54, 1.807) is 52.3 Å². The molecule has 10 nitrogen and oxygen atoms in total. The molecule has 0 atom stereocenters. The Morgan fingerprint density at radius 1 is 0.836 bits per heavy atom. The van der Waals surface area contributed by atoms with E-state index in [4.69, 9.17) is 9.47 Å². The first-order valence-corrected chi connectivity index (χ1v) is 20.1. The minimum absolute atomic E-state index is 0.0187. The lowest BCUT2D eigenvalue weighted by Gasteiger charge is -2.32. The Bertz CT molecular complexity index is 2250. The van der Waals surface area contributed by atoms with Crippen molar-refractivity contribution in [3.8, 4) is 39.8 Å². The number of piperidine rings is 2. The molecule has 0 aliphatic carbocycles. The number of hydrogen-bond acceptors (Lipinski definition) is 7. The van der Waals surface area contributed by atoms with E-state index < -0.39 is 10.0 Å². The molecule has 1 N–H and O–H groups in total. The maximum Gasteiger partial charge on any atom is 0.261 e. The van der Waals surface area contributed by atoms with Crippen LogP contribution < -0.4 is 14.2 Å². The van der Waals surface area contributed by atoms with Crippen LogP contribution in [0.15, 0.2) is 109 Å². The Labute approximate surface area is 323 Å². The van der Waals surface area contributed by atoms with Crippen molar-refractivity contribution in [3.05, 3.63) is 121 Å². The van der Waals surface area contributed by atoms with Gasteiger partial charge in [0.2, 0.25) is 11.8 Å². The van der Waals surface area contributed by atoms with E-state index in [9.17, 15) is 23.3 Å². The molecule has 2 aliphatic heterocycles. The van der Waals surface area contributed by atoms with Crippen LogP contribution in [0.2, 0.25) is 0 Å². The highest BCUT2D eigenvalue weighted by Crippen LogP contribution is 2.42. The molecule has 0 radical (unpaired) electrons. The van der Waals surface area contributed by atoms with Gasteiger partial charge in [0, 0.05) is 63.5 Å². The second-order valence-corrected chi connectivity index (χ2v) is 15.5. The van der Waals surface area contributed by atoms with Crippen molar-refractivity contribution < 1.29 is 27.5 Å². The maximum absolute atomic E-state index is 14.0. The third-order valence-corrected chi connectivity index (χ3v) is 11.6. The molecule has 4 aromatic carbocycles. The van der Waals surface area contributed by atoms with Gasteiger partial charge in [-0.05, 0) is 89.7 Å². The Morgan fingerprint density at radius 3 is 2.09 bits per heavy atom. The summed E-state index contributed by atoms with van der Waals surface area (Å²) in [5.74, 6) is 0.770. The summed E-state index contributed by atoms with van der Waals surface area (Å²) in [5.41, 5.74) is 5.46. The minimum Gasteiger partial charge on any atom is -0.490 e. The van der Waals surface area contributed by atoms with Crippen molar-refractivity contribution in [2.75, 3.05) is 30.9 Å². The number of amides is 2. The smallest absolute Gasteiger partial charge is 0.261 e. The van der Waals surface area contributed by atoms with Crippen molar-refractivity contribution in [3.63, 3.8) is 0 Å². The molecule has 0 unspecified atom stereocenters. The predicted octanol–water partition coefficient (Wildman–Crippen LogP) is 7.68. The second-order valence-electron chi connectivity index (χ2n) is 13.8. The van der Waals surface area contributed by atoms with Gasteiger partial charge >= 0.3 is 0 Å². The van der Waals surface area contributed by atoms with Crippen LogP contribution in [0.1, 0.15) is 49.3 Å². The third kappa shape index (κ3) is 8.93. The lowest BCUT2D eigenvalue weighted by atomic mass is 9.90. The van der Waals surface area contributed by atoms with Gasteiger partial charge in [0.15, 0.2) is 0 Å². The molecule has 2 saturated heterocycles. The van der Waals surface area contributed by atoms with Crippen LogP contribution in [0.3, 0.4) is 0 Å². The van der Waals surface area contributed by atoms with Crippen LogP contribution in [0.25, 0.3) is 22.3 Å². The van der Waals surface area contributed by atoms with E-state index in [0.29, 0.717) is 85.7 Å². The summed E-state index contributed by atoms with van der Waals surface area (Å²) >= 11 is 0. The van der Waals surface area contributed by atoms with Gasteiger partial charge < -0.3 is 19.3 Å². The molecular weight excluding hydrogens is 713 g/mol. The predicted molar refractivity (Wildman–Crippen MR) is 214 cm³/mol. The van der Waals surface area contributed by atoms with Crippen LogP contribution in [0.5, 0.6) is 11.5 Å². The lowest BCUT2D eigenvalue weighted by Crippen LogP contribution is -2.41. The fraction of sp³-hybridized carbons (Fsp3) is 0.295. The molecule has 6 rings (SSSR count). The normalized spacial score (nSPS) is 15.1. The van der Waals surface area contributed by atoms with Gasteiger partial charge in [0.05, 0.1) is 22.2 Å². The zero-order valence-corrected chi connectivity index (χ0v) is 32.1. The van der Waals surface area contributed by atoms with Gasteiger partial charge in [-0.2, -0.15) is 5.26 Å². The summed E-state index contributed by atoms with van der Waals surface area (Å²) < 4.78 is 43.6. The fourth-order valence-electron chi connectivity index (χ4n) is 7.24. The number of nitrogens with zero attached hydrogens (tertiary/aromatic N) is 3. The molecule has 2 fully saturated rings. The molecule has 4 aromatic rings. The number of nitrogens with one attached hydrogen (secondary N) is 1. The monoisotopic (exact) mass is 758 g/mol. The van der Waals surface area contributed by atoms with E-state index in [1.807, 2.05) is 37.3 Å². The van der Waals surface area contributed by atoms with Crippen LogP contribution in [0, 0.1) is 18.3 Å². The molecule has 0 saturated carbocycles. The number of aryl methyl sites for hydroxylation is 2. The highest BCUT2D eigenvalue weighted by Gasteiger charge is 2.27. The van der Waals surface area contributed by atoms with Crippen molar-refractivity contribution in [1.29, 1.82) is 5.26 Å². The second kappa shape index (κ2) is 17.1. The summed E-state index contributed by atoms with van der Waals surface area (Å²) in [6, 6.07) is 25.9. The largest absolute Gasteiger partial charge is 0.490 e. The first kappa shape index (κ1) is 38.9. The molecule has 11 heteroatoms. The molecule has 0 aromatic heterocycles. The van der Waals surface area contributed by atoms with Gasteiger partial charge in [-0.1, -0.05) is 56.5 Å². The van der Waals surface area contributed by atoms with E-state index in [2.05, 4.69) is 36.9 Å². The average Bonchev–Trinajstić information content (AvgIpc) is 3.20. The number of ether oxygens (including phenoxy) is 2. The summed E-state index contributed by atoms with van der Waals surface area (Å²) in [5, 5.41) is 10.6. The van der Waals surface area contributed by atoms with Gasteiger partial charge in [-0.15, -0.1) is 0 Å². The molecule has 284 valence electrons. The van der Waals surface area contributed by atoms with Gasteiger partial charge in [0.25, 0.3) is 10.0 Å². The number of carbonyl (C=O) groups is 2. The summed E-state index contributed by atoms with van der Waals surface area (Å²) in [4.78, 5) is 27.7. The third-order valence-electron chi connectivity index (χ3n) is 10.3. The van der Waals surface area contributed by atoms with Crippen LogP contribution in [0.4, 0.5) is 5.69 Å². The average molecular weight is 759 g/mol. The van der Waals surface area contributed by atoms with E-state index in [1.165, 1.54) is 12.2 Å². The van der Waals surface area contributed by atoms with Crippen molar-refractivity contribution >= 4 is 27.5 Å². The van der Waals surface area contributed by atoms with Crippen LogP contribution >= 0.6 is 0 Å². The number of nitriles is 1. The quantitative estimate of drug-likeness (QED) is 0.147. The van der Waals surface area contributed by atoms with Crippen molar-refractivity contribution in [2.24, 2.45) is 0 Å². The number of benzene rings is 4. The summed E-state index contributed by atoms with van der Waals surface area (Å²) in [6.07, 6.45) is 5.55.